The van der Waals surface area contributed by atoms with E-state index in [2.05, 4.69) is 0 Å². The molecular weight excluding hydrogens is 375 g/mol. The molecule has 1 heterocycles. The molecule has 0 N–H and O–H groups in total. The number of carbonyl (C=O) groups excluding carboxylic acids is 1. The van der Waals surface area contributed by atoms with E-state index in [9.17, 15) is 19.3 Å². The van der Waals surface area contributed by atoms with Crippen molar-refractivity contribution in [3.05, 3.63) is 87.9 Å². The first kappa shape index (κ1) is 20.3. The maximum absolute atomic E-state index is 13.9. The number of halogens is 1. The number of non-ortho nitro benzene ring substituents is 1. The molecule has 6 nitrogen and oxygen atoms in total. The zero-order valence-electron chi connectivity index (χ0n) is 16.2. The highest BCUT2D eigenvalue weighted by Gasteiger charge is 2.20. The fourth-order valence-electron chi connectivity index (χ4n) is 3.06. The van der Waals surface area contributed by atoms with E-state index in [0.29, 0.717) is 29.1 Å². The van der Waals surface area contributed by atoms with Gasteiger partial charge in [0.2, 0.25) is 5.91 Å². The van der Waals surface area contributed by atoms with Gasteiger partial charge < -0.3 is 9.32 Å². The number of furan rings is 1. The van der Waals surface area contributed by atoms with Gasteiger partial charge in [0.1, 0.15) is 17.3 Å². The lowest BCUT2D eigenvalue weighted by atomic mass is 10.1. The summed E-state index contributed by atoms with van der Waals surface area (Å²) in [5, 5.41) is 11.0. The summed E-state index contributed by atoms with van der Waals surface area (Å²) in [6.45, 7) is 1.82. The Kier molecular flexibility index (Phi) is 6.07. The van der Waals surface area contributed by atoms with E-state index in [-0.39, 0.29) is 29.9 Å². The minimum atomic E-state index is -0.456. The quantitative estimate of drug-likeness (QED) is 0.409. The fourth-order valence-corrected chi connectivity index (χ4v) is 3.06. The predicted molar refractivity (Wildman–Crippen MR) is 107 cm³/mol. The molecule has 0 aliphatic heterocycles. The number of aryl methyl sites for hydroxylation is 1. The zero-order chi connectivity index (χ0) is 21.0. The Morgan fingerprint density at radius 1 is 1.17 bits per heavy atom. The second kappa shape index (κ2) is 8.68. The average Bonchev–Trinajstić information content (AvgIpc) is 3.20. The Labute approximate surface area is 167 Å². The van der Waals surface area contributed by atoms with Crippen molar-refractivity contribution in [2.24, 2.45) is 0 Å². The van der Waals surface area contributed by atoms with Crippen molar-refractivity contribution in [3.8, 4) is 11.3 Å². The number of benzene rings is 2. The van der Waals surface area contributed by atoms with Crippen LogP contribution in [-0.2, 0) is 11.2 Å². The third-order valence-electron chi connectivity index (χ3n) is 4.92. The Morgan fingerprint density at radius 3 is 2.66 bits per heavy atom. The summed E-state index contributed by atoms with van der Waals surface area (Å²) in [6.07, 6.45) is 0.583. The van der Waals surface area contributed by atoms with Crippen LogP contribution in [0.15, 0.2) is 65.1 Å². The molecule has 0 aliphatic rings. The van der Waals surface area contributed by atoms with Crippen LogP contribution in [0.2, 0.25) is 0 Å². The SMILES string of the molecule is C[C@H](c1cccc([N+](=O)[O-])c1)N(C)C(=O)CCc1ccc(-c2ccccc2F)o1. The van der Waals surface area contributed by atoms with E-state index in [1.54, 1.807) is 54.4 Å². The zero-order valence-corrected chi connectivity index (χ0v) is 16.2. The molecule has 1 aromatic heterocycles. The second-order valence-electron chi connectivity index (χ2n) is 6.78. The van der Waals surface area contributed by atoms with E-state index < -0.39 is 4.92 Å². The van der Waals surface area contributed by atoms with Gasteiger partial charge in [0.25, 0.3) is 5.69 Å². The maximum Gasteiger partial charge on any atom is 0.269 e. The van der Waals surface area contributed by atoms with E-state index >= 15 is 0 Å². The molecule has 0 unspecified atom stereocenters. The number of nitro groups is 1. The summed E-state index contributed by atoms with van der Waals surface area (Å²) in [4.78, 5) is 24.6. The molecule has 29 heavy (non-hydrogen) atoms. The summed E-state index contributed by atoms with van der Waals surface area (Å²) in [6, 6.07) is 15.7. The monoisotopic (exact) mass is 396 g/mol. The number of hydrogen-bond acceptors (Lipinski definition) is 4. The van der Waals surface area contributed by atoms with Gasteiger partial charge in [0, 0.05) is 32.0 Å². The fraction of sp³-hybridized carbons (Fsp3) is 0.227. The summed E-state index contributed by atoms with van der Waals surface area (Å²) >= 11 is 0. The summed E-state index contributed by atoms with van der Waals surface area (Å²) in [5.41, 5.74) is 1.06. The van der Waals surface area contributed by atoms with Crippen LogP contribution in [0.25, 0.3) is 11.3 Å². The third-order valence-corrected chi connectivity index (χ3v) is 4.92. The van der Waals surface area contributed by atoms with Gasteiger partial charge in [0.15, 0.2) is 0 Å². The average molecular weight is 396 g/mol. The lowest BCUT2D eigenvalue weighted by Gasteiger charge is -2.25. The summed E-state index contributed by atoms with van der Waals surface area (Å²) in [7, 11) is 1.67. The van der Waals surface area contributed by atoms with Crippen LogP contribution in [0.4, 0.5) is 10.1 Å². The van der Waals surface area contributed by atoms with Crippen LogP contribution in [0.5, 0.6) is 0 Å². The first-order valence-electron chi connectivity index (χ1n) is 9.20. The van der Waals surface area contributed by atoms with Crippen molar-refractivity contribution in [2.45, 2.75) is 25.8 Å². The van der Waals surface area contributed by atoms with Gasteiger partial charge in [-0.25, -0.2) is 4.39 Å². The van der Waals surface area contributed by atoms with Crippen molar-refractivity contribution in [1.29, 1.82) is 0 Å². The highest BCUT2D eigenvalue weighted by molar-refractivity contribution is 5.76. The molecule has 2 aromatic carbocycles. The van der Waals surface area contributed by atoms with Gasteiger partial charge in [-0.3, -0.25) is 14.9 Å². The second-order valence-corrected chi connectivity index (χ2v) is 6.78. The molecule has 150 valence electrons. The molecule has 0 radical (unpaired) electrons. The molecule has 0 spiro atoms. The van der Waals surface area contributed by atoms with Crippen LogP contribution in [0.3, 0.4) is 0 Å². The maximum atomic E-state index is 13.9. The Hall–Kier alpha value is -3.48. The van der Waals surface area contributed by atoms with E-state index in [1.807, 2.05) is 6.92 Å². The molecule has 1 amide bonds. The molecule has 1 atom stereocenters. The third kappa shape index (κ3) is 4.68. The van der Waals surface area contributed by atoms with Gasteiger partial charge in [-0.2, -0.15) is 0 Å². The number of nitro benzene ring substituents is 1. The van der Waals surface area contributed by atoms with Gasteiger partial charge in [0.05, 0.1) is 16.5 Å². The number of amides is 1. The minimum Gasteiger partial charge on any atom is -0.461 e. The van der Waals surface area contributed by atoms with Gasteiger partial charge in [-0.15, -0.1) is 0 Å². The molecule has 0 aliphatic carbocycles. The first-order valence-corrected chi connectivity index (χ1v) is 9.20. The highest BCUT2D eigenvalue weighted by atomic mass is 19.1. The van der Waals surface area contributed by atoms with Crippen molar-refractivity contribution in [1.82, 2.24) is 4.90 Å². The lowest BCUT2D eigenvalue weighted by molar-refractivity contribution is -0.384. The van der Waals surface area contributed by atoms with Gasteiger partial charge >= 0.3 is 0 Å². The van der Waals surface area contributed by atoms with Crippen LogP contribution < -0.4 is 0 Å². The standard InChI is InChI=1S/C22H21FN2O4/c1-15(16-6-5-7-17(14-16)25(27)28)24(2)22(26)13-11-18-10-12-21(29-18)19-8-3-4-9-20(19)23/h3-10,12,14-15H,11,13H2,1-2H3/t15-/m1/s1. The van der Waals surface area contributed by atoms with Crippen LogP contribution in [0, 0.1) is 15.9 Å². The van der Waals surface area contributed by atoms with Crippen molar-refractivity contribution >= 4 is 11.6 Å². The first-order chi connectivity index (χ1) is 13.9. The molecule has 0 saturated heterocycles. The van der Waals surface area contributed by atoms with Crippen molar-refractivity contribution < 1.29 is 18.5 Å². The van der Waals surface area contributed by atoms with Crippen LogP contribution >= 0.6 is 0 Å². The number of nitrogens with zero attached hydrogens (tertiary/aromatic N) is 2. The van der Waals surface area contributed by atoms with E-state index in [4.69, 9.17) is 4.42 Å². The summed E-state index contributed by atoms with van der Waals surface area (Å²) < 4.78 is 19.6. The molecule has 3 aromatic rings. The van der Waals surface area contributed by atoms with Crippen molar-refractivity contribution in [3.63, 3.8) is 0 Å². The predicted octanol–water partition coefficient (Wildman–Crippen LogP) is 5.15. The molecule has 0 saturated carbocycles. The number of carbonyl (C=O) groups is 1. The van der Waals surface area contributed by atoms with E-state index in [1.165, 1.54) is 18.2 Å². The number of rotatable bonds is 7. The number of hydrogen-bond donors (Lipinski definition) is 0. The summed E-state index contributed by atoms with van der Waals surface area (Å²) in [5.74, 6) is 0.528. The normalized spacial score (nSPS) is 11.8. The Morgan fingerprint density at radius 2 is 1.93 bits per heavy atom. The topological polar surface area (TPSA) is 76.6 Å². The minimum absolute atomic E-state index is 0.00791. The lowest BCUT2D eigenvalue weighted by Crippen LogP contribution is -2.29. The molecule has 3 rings (SSSR count). The van der Waals surface area contributed by atoms with Gasteiger partial charge in [-0.1, -0.05) is 24.3 Å². The largest absolute Gasteiger partial charge is 0.461 e. The molecule has 7 heteroatoms. The molecule has 0 fully saturated rings. The van der Waals surface area contributed by atoms with Crippen LogP contribution in [-0.4, -0.2) is 22.8 Å². The smallest absolute Gasteiger partial charge is 0.269 e. The van der Waals surface area contributed by atoms with Gasteiger partial charge in [-0.05, 0) is 36.8 Å². The highest BCUT2D eigenvalue weighted by Crippen LogP contribution is 2.26. The Balaban J connectivity index is 1.63. The van der Waals surface area contributed by atoms with Crippen LogP contribution in [0.1, 0.15) is 30.7 Å². The Bertz CT molecular complexity index is 1030. The van der Waals surface area contributed by atoms with Crippen molar-refractivity contribution in [2.75, 3.05) is 7.05 Å². The molecule has 0 bridgehead atoms. The van der Waals surface area contributed by atoms with E-state index in [0.717, 1.165) is 0 Å². The molecular formula is C22H21FN2O4.